The first-order chi connectivity index (χ1) is 8.79. The Hall–Kier alpha value is -0.940. The lowest BCUT2D eigenvalue weighted by Gasteiger charge is -2.23. The molecule has 0 bridgehead atoms. The van der Waals surface area contributed by atoms with E-state index in [-0.39, 0.29) is 0 Å². The number of hydrogen-bond donors (Lipinski definition) is 1. The van der Waals surface area contributed by atoms with Crippen LogP contribution in [0.3, 0.4) is 0 Å². The minimum absolute atomic E-state index is 0.787. The second-order valence-corrected chi connectivity index (χ2v) is 5.17. The van der Waals surface area contributed by atoms with E-state index in [0.717, 1.165) is 37.9 Å². The molecule has 1 N–H and O–H groups in total. The maximum atomic E-state index is 4.17. The van der Waals surface area contributed by atoms with Crippen molar-refractivity contribution >= 4 is 0 Å². The van der Waals surface area contributed by atoms with E-state index in [4.69, 9.17) is 0 Å². The second kappa shape index (κ2) is 6.85. The summed E-state index contributed by atoms with van der Waals surface area (Å²) >= 11 is 0. The molecule has 1 heterocycles. The van der Waals surface area contributed by atoms with Crippen LogP contribution in [0.1, 0.15) is 38.3 Å². The standard InChI is InChI=1S/C13H25N5/c1-3-14-10-12-11-18(16-15-12)9-8-17(2)13-6-4-5-7-13/h11,13-14H,3-10H2,1-2H3. The summed E-state index contributed by atoms with van der Waals surface area (Å²) in [5.74, 6) is 0. The van der Waals surface area contributed by atoms with Gasteiger partial charge in [0, 0.05) is 25.3 Å². The van der Waals surface area contributed by atoms with E-state index in [1.165, 1.54) is 25.7 Å². The molecule has 5 nitrogen and oxygen atoms in total. The first-order valence-electron chi connectivity index (χ1n) is 7.09. The van der Waals surface area contributed by atoms with Crippen molar-refractivity contribution in [2.75, 3.05) is 20.1 Å². The Bertz CT molecular complexity index is 343. The van der Waals surface area contributed by atoms with Gasteiger partial charge < -0.3 is 10.2 Å². The largest absolute Gasteiger partial charge is 0.311 e. The van der Waals surface area contributed by atoms with Crippen LogP contribution in [0, 0.1) is 0 Å². The second-order valence-electron chi connectivity index (χ2n) is 5.17. The molecule has 1 aromatic rings. The van der Waals surface area contributed by atoms with Gasteiger partial charge >= 0.3 is 0 Å². The van der Waals surface area contributed by atoms with Crippen LogP contribution in [0.5, 0.6) is 0 Å². The fourth-order valence-electron chi connectivity index (χ4n) is 2.57. The Morgan fingerprint density at radius 3 is 2.94 bits per heavy atom. The van der Waals surface area contributed by atoms with E-state index in [2.05, 4.69) is 34.5 Å². The molecule has 1 saturated carbocycles. The number of nitrogens with zero attached hydrogens (tertiary/aromatic N) is 4. The van der Waals surface area contributed by atoms with E-state index in [0.29, 0.717) is 0 Å². The Balaban J connectivity index is 1.73. The molecule has 1 aliphatic carbocycles. The van der Waals surface area contributed by atoms with Crippen LogP contribution in [0.2, 0.25) is 0 Å². The summed E-state index contributed by atoms with van der Waals surface area (Å²) in [7, 11) is 2.23. The molecule has 1 aromatic heterocycles. The van der Waals surface area contributed by atoms with Crippen molar-refractivity contribution in [1.29, 1.82) is 0 Å². The first kappa shape index (κ1) is 13.5. The summed E-state index contributed by atoms with van der Waals surface area (Å²) in [6.45, 7) is 5.88. The number of hydrogen-bond acceptors (Lipinski definition) is 4. The van der Waals surface area contributed by atoms with Gasteiger partial charge in [-0.05, 0) is 26.4 Å². The molecule has 0 unspecified atom stereocenters. The summed E-state index contributed by atoms with van der Waals surface area (Å²) < 4.78 is 1.96. The van der Waals surface area contributed by atoms with Crippen molar-refractivity contribution in [3.8, 4) is 0 Å². The topological polar surface area (TPSA) is 46.0 Å². The Morgan fingerprint density at radius 2 is 2.22 bits per heavy atom. The summed E-state index contributed by atoms with van der Waals surface area (Å²) in [6.07, 6.45) is 7.56. The SMILES string of the molecule is CCNCc1cn(CCN(C)C2CCCC2)nn1. The van der Waals surface area contributed by atoms with Crippen LogP contribution in [0.25, 0.3) is 0 Å². The lowest BCUT2D eigenvalue weighted by atomic mass is 10.2. The summed E-state index contributed by atoms with van der Waals surface area (Å²) in [5, 5.41) is 11.6. The van der Waals surface area contributed by atoms with Crippen molar-refractivity contribution in [3.63, 3.8) is 0 Å². The summed E-state index contributed by atoms with van der Waals surface area (Å²) in [4.78, 5) is 2.47. The third-order valence-electron chi connectivity index (χ3n) is 3.77. The van der Waals surface area contributed by atoms with Crippen LogP contribution in [0.4, 0.5) is 0 Å². The highest BCUT2D eigenvalue weighted by Crippen LogP contribution is 2.22. The Labute approximate surface area is 110 Å². The van der Waals surface area contributed by atoms with Crippen LogP contribution in [0.15, 0.2) is 6.20 Å². The predicted octanol–water partition coefficient (Wildman–Crippen LogP) is 1.26. The molecule has 0 spiro atoms. The number of aromatic nitrogens is 3. The third kappa shape index (κ3) is 3.78. The molecule has 0 atom stereocenters. The molecule has 18 heavy (non-hydrogen) atoms. The van der Waals surface area contributed by atoms with Crippen molar-refractivity contribution in [2.45, 2.75) is 51.7 Å². The molecule has 0 amide bonds. The predicted molar refractivity (Wildman–Crippen MR) is 72.3 cm³/mol. The van der Waals surface area contributed by atoms with Crippen LogP contribution < -0.4 is 5.32 Å². The maximum absolute atomic E-state index is 4.17. The molecule has 1 aliphatic rings. The molecule has 1 fully saturated rings. The van der Waals surface area contributed by atoms with E-state index in [1.807, 2.05) is 10.9 Å². The molecular formula is C13H25N5. The third-order valence-corrected chi connectivity index (χ3v) is 3.77. The van der Waals surface area contributed by atoms with Crippen molar-refractivity contribution in [2.24, 2.45) is 0 Å². The molecule has 2 rings (SSSR count). The quantitative estimate of drug-likeness (QED) is 0.792. The molecular weight excluding hydrogens is 226 g/mol. The van der Waals surface area contributed by atoms with Crippen LogP contribution in [-0.4, -0.2) is 46.1 Å². The normalized spacial score (nSPS) is 16.8. The fraction of sp³-hybridized carbons (Fsp3) is 0.846. The molecule has 0 radical (unpaired) electrons. The molecule has 0 aromatic carbocycles. The van der Waals surface area contributed by atoms with Gasteiger partial charge in [-0.25, -0.2) is 0 Å². The highest BCUT2D eigenvalue weighted by molar-refractivity contribution is 4.91. The lowest BCUT2D eigenvalue weighted by Crippen LogP contribution is -2.32. The molecule has 0 aliphatic heterocycles. The van der Waals surface area contributed by atoms with Gasteiger partial charge in [0.1, 0.15) is 0 Å². The molecule has 5 heteroatoms. The van der Waals surface area contributed by atoms with Gasteiger partial charge in [-0.2, -0.15) is 0 Å². The lowest BCUT2D eigenvalue weighted by molar-refractivity contribution is 0.232. The highest BCUT2D eigenvalue weighted by Gasteiger charge is 2.19. The zero-order valence-electron chi connectivity index (χ0n) is 11.6. The minimum Gasteiger partial charge on any atom is -0.311 e. The fourth-order valence-corrected chi connectivity index (χ4v) is 2.57. The minimum atomic E-state index is 0.787. The summed E-state index contributed by atoms with van der Waals surface area (Å²) in [5.41, 5.74) is 1.03. The van der Waals surface area contributed by atoms with E-state index in [1.54, 1.807) is 0 Å². The smallest absolute Gasteiger partial charge is 0.0964 e. The van der Waals surface area contributed by atoms with Crippen molar-refractivity contribution < 1.29 is 0 Å². The Morgan fingerprint density at radius 1 is 1.44 bits per heavy atom. The summed E-state index contributed by atoms with van der Waals surface area (Å²) in [6, 6.07) is 0.787. The van der Waals surface area contributed by atoms with Gasteiger partial charge in [0.15, 0.2) is 0 Å². The van der Waals surface area contributed by atoms with Gasteiger partial charge in [-0.1, -0.05) is 25.0 Å². The van der Waals surface area contributed by atoms with Gasteiger partial charge in [0.05, 0.1) is 12.2 Å². The van der Waals surface area contributed by atoms with Crippen molar-refractivity contribution in [3.05, 3.63) is 11.9 Å². The van der Waals surface area contributed by atoms with Crippen molar-refractivity contribution in [1.82, 2.24) is 25.2 Å². The number of rotatable bonds is 7. The van der Waals surface area contributed by atoms with E-state index < -0.39 is 0 Å². The first-order valence-corrected chi connectivity index (χ1v) is 7.09. The zero-order valence-corrected chi connectivity index (χ0v) is 11.6. The molecule has 102 valence electrons. The average molecular weight is 251 g/mol. The number of nitrogens with one attached hydrogen (secondary N) is 1. The Kier molecular flexibility index (Phi) is 5.13. The molecule has 0 saturated heterocycles. The van der Waals surface area contributed by atoms with Gasteiger partial charge in [-0.3, -0.25) is 4.68 Å². The monoisotopic (exact) mass is 251 g/mol. The zero-order chi connectivity index (χ0) is 12.8. The van der Waals surface area contributed by atoms with Gasteiger partial charge in [0.2, 0.25) is 0 Å². The van der Waals surface area contributed by atoms with E-state index in [9.17, 15) is 0 Å². The average Bonchev–Trinajstić information content (AvgIpc) is 3.04. The van der Waals surface area contributed by atoms with Crippen LogP contribution >= 0.6 is 0 Å². The van der Waals surface area contributed by atoms with Crippen LogP contribution in [-0.2, 0) is 13.1 Å². The number of likely N-dealkylation sites (N-methyl/N-ethyl adjacent to an activating group) is 1. The van der Waals surface area contributed by atoms with E-state index >= 15 is 0 Å². The van der Waals surface area contributed by atoms with Gasteiger partial charge in [0.25, 0.3) is 0 Å². The highest BCUT2D eigenvalue weighted by atomic mass is 15.4. The van der Waals surface area contributed by atoms with Gasteiger partial charge in [-0.15, -0.1) is 5.10 Å². The maximum Gasteiger partial charge on any atom is 0.0964 e.